The van der Waals surface area contributed by atoms with E-state index >= 15 is 0 Å². The molecule has 0 heterocycles. The fraction of sp³-hybridized carbons (Fsp3) is 0.0952. The molecule has 0 amide bonds. The Morgan fingerprint density at radius 3 is 0.604 bits per heavy atom. The van der Waals surface area contributed by atoms with Crippen LogP contribution >= 0.6 is 0 Å². The Labute approximate surface area is 282 Å². The van der Waals surface area contributed by atoms with Gasteiger partial charge in [0.1, 0.15) is 0 Å². The summed E-state index contributed by atoms with van der Waals surface area (Å²) in [6.45, 7) is 0. The molecule has 7 rings (SSSR count). The molecule has 1 saturated carbocycles. The molecule has 6 aromatic rings. The van der Waals surface area contributed by atoms with Gasteiger partial charge in [-0.05, 0) is 130 Å². The van der Waals surface area contributed by atoms with Gasteiger partial charge < -0.3 is 34.4 Å². The highest BCUT2D eigenvalue weighted by molar-refractivity contribution is 5.71. The Kier molecular flexibility index (Phi) is 9.35. The number of hydrogen-bond donors (Lipinski definition) is 6. The van der Waals surface area contributed by atoms with Gasteiger partial charge >= 0.3 is 0 Å². The van der Waals surface area contributed by atoms with Crippen molar-refractivity contribution in [1.82, 2.24) is 0 Å². The molecular weight excluding hydrogens is 589 g/mol. The maximum Gasteiger partial charge on any atom is 0.0314 e. The summed E-state index contributed by atoms with van der Waals surface area (Å²) >= 11 is 0. The van der Waals surface area contributed by atoms with E-state index in [2.05, 4.69) is 48.5 Å². The van der Waals surface area contributed by atoms with Gasteiger partial charge in [-0.25, -0.2) is 0 Å². The van der Waals surface area contributed by atoms with Crippen LogP contribution in [0.1, 0.15) is 57.1 Å². The minimum atomic E-state index is 0.297. The Morgan fingerprint density at radius 2 is 0.417 bits per heavy atom. The molecule has 0 atom stereocenters. The van der Waals surface area contributed by atoms with E-state index < -0.39 is 0 Å². The Bertz CT molecular complexity index is 1690. The molecule has 1 fully saturated rings. The SMILES string of the molecule is Nc1ccc(/C=C/c2ccc(N)cc2)cc1.Nc1ccc(C2C(c3ccc(N)cc3)C(c3ccc(N)cc3)C2c2ccc(N)cc2)cc1. The van der Waals surface area contributed by atoms with Crippen molar-refractivity contribution in [2.24, 2.45) is 0 Å². The van der Waals surface area contributed by atoms with Gasteiger partial charge in [0.05, 0.1) is 0 Å². The van der Waals surface area contributed by atoms with Crippen LogP contribution in [0.2, 0.25) is 0 Å². The van der Waals surface area contributed by atoms with Crippen LogP contribution in [0.25, 0.3) is 12.2 Å². The zero-order valence-corrected chi connectivity index (χ0v) is 26.8. The highest BCUT2D eigenvalue weighted by atomic mass is 14.6. The Hall–Kier alpha value is -6.14. The van der Waals surface area contributed by atoms with Gasteiger partial charge in [0.15, 0.2) is 0 Å². The molecule has 1 aliphatic rings. The summed E-state index contributed by atoms with van der Waals surface area (Å²) in [6.07, 6.45) is 4.09. The van der Waals surface area contributed by atoms with E-state index in [1.54, 1.807) is 0 Å². The van der Waals surface area contributed by atoms with Gasteiger partial charge in [0, 0.05) is 34.1 Å². The summed E-state index contributed by atoms with van der Waals surface area (Å²) in [5, 5.41) is 0. The van der Waals surface area contributed by atoms with Crippen molar-refractivity contribution in [3.05, 3.63) is 179 Å². The summed E-state index contributed by atoms with van der Waals surface area (Å²) in [5.74, 6) is 1.19. The molecule has 0 saturated heterocycles. The van der Waals surface area contributed by atoms with Gasteiger partial charge in [-0.3, -0.25) is 0 Å². The smallest absolute Gasteiger partial charge is 0.0314 e. The van der Waals surface area contributed by atoms with Crippen LogP contribution in [0.3, 0.4) is 0 Å². The second-order valence-electron chi connectivity index (χ2n) is 12.4. The molecule has 0 unspecified atom stereocenters. The van der Waals surface area contributed by atoms with Crippen LogP contribution in [0, 0.1) is 0 Å². The summed E-state index contributed by atoms with van der Waals surface area (Å²) in [4.78, 5) is 0. The van der Waals surface area contributed by atoms with E-state index in [0.717, 1.165) is 45.3 Å². The molecule has 12 N–H and O–H groups in total. The highest BCUT2D eigenvalue weighted by Crippen LogP contribution is 2.66. The number of rotatable bonds is 6. The lowest BCUT2D eigenvalue weighted by Crippen LogP contribution is -2.40. The second kappa shape index (κ2) is 14.1. The zero-order valence-electron chi connectivity index (χ0n) is 26.8. The van der Waals surface area contributed by atoms with Gasteiger partial charge in [-0.15, -0.1) is 0 Å². The normalized spacial score (nSPS) is 18.4. The second-order valence-corrected chi connectivity index (χ2v) is 12.4. The fourth-order valence-corrected chi connectivity index (χ4v) is 6.69. The number of nitrogens with two attached hydrogens (primary N) is 6. The first kappa shape index (κ1) is 31.8. The van der Waals surface area contributed by atoms with Gasteiger partial charge in [-0.1, -0.05) is 84.9 Å². The highest BCUT2D eigenvalue weighted by Gasteiger charge is 2.52. The van der Waals surface area contributed by atoms with Crippen molar-refractivity contribution in [3.63, 3.8) is 0 Å². The minimum absolute atomic E-state index is 0.297. The molecule has 0 radical (unpaired) electrons. The third kappa shape index (κ3) is 7.29. The lowest BCUT2D eigenvalue weighted by molar-refractivity contribution is 0.229. The molecule has 0 aromatic heterocycles. The largest absolute Gasteiger partial charge is 0.399 e. The average Bonchev–Trinajstić information content (AvgIpc) is 3.09. The summed E-state index contributed by atoms with van der Waals surface area (Å²) in [5.41, 5.74) is 47.3. The molecule has 48 heavy (non-hydrogen) atoms. The Balaban J connectivity index is 0.000000211. The lowest BCUT2D eigenvalue weighted by atomic mass is 9.49. The standard InChI is InChI=1S/C28H28N4.C14H14N2/c29-21-9-1-17(2-10-21)25-26(18-3-11-22(30)12-4-18)28(20-7-15-24(32)16-8-20)27(25)19-5-13-23(31)14-6-19;15-13-7-3-11(4-8-13)1-2-12-5-9-14(16)10-6-12/h1-16,25-28H,29-32H2;1-10H,15-16H2/b;2-1+. The first-order valence-electron chi connectivity index (χ1n) is 16.1. The van der Waals surface area contributed by atoms with Crippen LogP contribution < -0.4 is 34.4 Å². The van der Waals surface area contributed by atoms with E-state index in [1.807, 2.05) is 109 Å². The van der Waals surface area contributed by atoms with Crippen molar-refractivity contribution in [2.75, 3.05) is 34.4 Å². The minimum Gasteiger partial charge on any atom is -0.399 e. The molecule has 0 aliphatic heterocycles. The van der Waals surface area contributed by atoms with E-state index in [0.29, 0.717) is 23.7 Å². The van der Waals surface area contributed by atoms with Crippen LogP contribution in [-0.4, -0.2) is 0 Å². The predicted molar refractivity (Wildman–Crippen MR) is 205 cm³/mol. The molecular formula is C42H42N6. The third-order valence-electron chi connectivity index (χ3n) is 9.17. The van der Waals surface area contributed by atoms with Crippen LogP contribution in [0.5, 0.6) is 0 Å². The van der Waals surface area contributed by atoms with Crippen LogP contribution in [0.4, 0.5) is 34.1 Å². The van der Waals surface area contributed by atoms with E-state index in [-0.39, 0.29) is 0 Å². The molecule has 6 heteroatoms. The van der Waals surface area contributed by atoms with Gasteiger partial charge in [-0.2, -0.15) is 0 Å². The monoisotopic (exact) mass is 630 g/mol. The first-order chi connectivity index (χ1) is 23.2. The van der Waals surface area contributed by atoms with Gasteiger partial charge in [0.2, 0.25) is 0 Å². The molecule has 0 bridgehead atoms. The maximum absolute atomic E-state index is 6.00. The Morgan fingerprint density at radius 1 is 0.250 bits per heavy atom. The van der Waals surface area contributed by atoms with E-state index in [1.165, 1.54) is 22.3 Å². The zero-order chi connectivity index (χ0) is 33.6. The third-order valence-corrected chi connectivity index (χ3v) is 9.17. The quantitative estimate of drug-likeness (QED) is 0.0800. The predicted octanol–water partition coefficient (Wildman–Crippen LogP) is 8.49. The topological polar surface area (TPSA) is 156 Å². The number of anilines is 6. The van der Waals surface area contributed by atoms with Gasteiger partial charge in [0.25, 0.3) is 0 Å². The van der Waals surface area contributed by atoms with Crippen molar-refractivity contribution >= 4 is 46.3 Å². The van der Waals surface area contributed by atoms with Crippen molar-refractivity contribution < 1.29 is 0 Å². The molecule has 240 valence electrons. The maximum atomic E-state index is 6.00. The van der Waals surface area contributed by atoms with Crippen LogP contribution in [-0.2, 0) is 0 Å². The molecule has 1 aliphatic carbocycles. The van der Waals surface area contributed by atoms with E-state index in [9.17, 15) is 0 Å². The van der Waals surface area contributed by atoms with Crippen molar-refractivity contribution in [1.29, 1.82) is 0 Å². The molecule has 0 spiro atoms. The first-order valence-corrected chi connectivity index (χ1v) is 16.1. The number of nitrogen functional groups attached to an aromatic ring is 6. The number of benzene rings is 6. The molecule has 6 aromatic carbocycles. The van der Waals surface area contributed by atoms with Crippen molar-refractivity contribution in [3.8, 4) is 0 Å². The van der Waals surface area contributed by atoms with Crippen LogP contribution in [0.15, 0.2) is 146 Å². The number of hydrogen-bond acceptors (Lipinski definition) is 6. The van der Waals surface area contributed by atoms with Crippen molar-refractivity contribution in [2.45, 2.75) is 23.7 Å². The summed E-state index contributed by atoms with van der Waals surface area (Å²) in [6, 6.07) is 48.7. The fourth-order valence-electron chi connectivity index (χ4n) is 6.69. The lowest BCUT2D eigenvalue weighted by Gasteiger charge is -2.54. The summed E-state index contributed by atoms with van der Waals surface area (Å²) in [7, 11) is 0. The van der Waals surface area contributed by atoms with E-state index in [4.69, 9.17) is 34.4 Å². The average molecular weight is 631 g/mol. The summed E-state index contributed by atoms with van der Waals surface area (Å²) < 4.78 is 0. The molecule has 6 nitrogen and oxygen atoms in total.